The van der Waals surface area contributed by atoms with E-state index in [1.54, 1.807) is 0 Å². The van der Waals surface area contributed by atoms with Gasteiger partial charge in [0.1, 0.15) is 5.60 Å². The maximum atomic E-state index is 11.8. The summed E-state index contributed by atoms with van der Waals surface area (Å²) in [4.78, 5) is 11.8. The molecular formula is C21H24ClNO2. The number of rotatable bonds is 4. The van der Waals surface area contributed by atoms with Gasteiger partial charge in [0, 0.05) is 11.6 Å². The number of amides is 1. The lowest BCUT2D eigenvalue weighted by Crippen LogP contribution is -2.33. The molecule has 2 aromatic rings. The number of benzene rings is 2. The number of ether oxygens (including phenoxy) is 1. The van der Waals surface area contributed by atoms with Gasteiger partial charge in [-0.25, -0.2) is 4.79 Å². The average molecular weight is 358 g/mol. The summed E-state index contributed by atoms with van der Waals surface area (Å²) in [5.41, 5.74) is 3.28. The van der Waals surface area contributed by atoms with Gasteiger partial charge in [0.05, 0.1) is 0 Å². The van der Waals surface area contributed by atoms with E-state index in [4.69, 9.17) is 16.3 Å². The molecule has 4 heteroatoms. The van der Waals surface area contributed by atoms with Crippen molar-refractivity contribution in [2.75, 3.05) is 6.54 Å². The monoisotopic (exact) mass is 357 g/mol. The molecule has 1 fully saturated rings. The molecule has 0 heterocycles. The van der Waals surface area contributed by atoms with Crippen LogP contribution in [0.25, 0.3) is 11.1 Å². The first kappa shape index (κ1) is 17.8. The minimum Gasteiger partial charge on any atom is -0.444 e. The van der Waals surface area contributed by atoms with Crippen molar-refractivity contribution >= 4 is 17.7 Å². The van der Waals surface area contributed by atoms with Gasteiger partial charge in [0.25, 0.3) is 0 Å². The summed E-state index contributed by atoms with van der Waals surface area (Å²) < 4.78 is 5.30. The summed E-state index contributed by atoms with van der Waals surface area (Å²) >= 11 is 6.00. The van der Waals surface area contributed by atoms with Gasteiger partial charge in [-0.2, -0.15) is 0 Å². The van der Waals surface area contributed by atoms with Crippen LogP contribution in [0.5, 0.6) is 0 Å². The van der Waals surface area contributed by atoms with Gasteiger partial charge in [-0.15, -0.1) is 0 Å². The second-order valence-corrected chi connectivity index (χ2v) is 8.02. The first-order valence-corrected chi connectivity index (χ1v) is 9.03. The first-order chi connectivity index (χ1) is 11.8. The molecule has 1 aliphatic carbocycles. The molecule has 2 aromatic carbocycles. The fraction of sp³-hybridized carbons (Fsp3) is 0.381. The Hall–Kier alpha value is -2.00. The van der Waals surface area contributed by atoms with Crippen LogP contribution in [0.15, 0.2) is 48.5 Å². The molecule has 0 aliphatic heterocycles. The van der Waals surface area contributed by atoms with Crippen molar-refractivity contribution in [1.29, 1.82) is 0 Å². The van der Waals surface area contributed by atoms with Gasteiger partial charge in [-0.3, -0.25) is 0 Å². The second kappa shape index (κ2) is 7.09. The van der Waals surface area contributed by atoms with E-state index in [-0.39, 0.29) is 6.09 Å². The Labute approximate surface area is 154 Å². The highest BCUT2D eigenvalue weighted by atomic mass is 35.5. The van der Waals surface area contributed by atoms with E-state index in [1.807, 2.05) is 32.9 Å². The van der Waals surface area contributed by atoms with Crippen LogP contribution in [-0.4, -0.2) is 18.2 Å². The summed E-state index contributed by atoms with van der Waals surface area (Å²) in [7, 11) is 0. The van der Waals surface area contributed by atoms with E-state index < -0.39 is 5.60 Å². The van der Waals surface area contributed by atoms with Crippen molar-refractivity contribution < 1.29 is 9.53 Å². The lowest BCUT2D eigenvalue weighted by Gasteiger charge is -2.19. The van der Waals surface area contributed by atoms with E-state index in [0.29, 0.717) is 18.4 Å². The van der Waals surface area contributed by atoms with Crippen molar-refractivity contribution in [3.05, 3.63) is 59.1 Å². The van der Waals surface area contributed by atoms with E-state index in [2.05, 4.69) is 41.7 Å². The van der Waals surface area contributed by atoms with E-state index in [0.717, 1.165) is 11.4 Å². The third-order valence-corrected chi connectivity index (χ3v) is 4.60. The molecule has 0 bridgehead atoms. The number of carbonyl (C=O) groups excluding carboxylic acids is 1. The van der Waals surface area contributed by atoms with Gasteiger partial charge in [0.15, 0.2) is 0 Å². The summed E-state index contributed by atoms with van der Waals surface area (Å²) in [5.74, 6) is 0.933. The number of nitrogens with one attached hydrogen (secondary N) is 1. The number of hydrogen-bond donors (Lipinski definition) is 1. The standard InChI is InChI=1S/C21H24ClNO2/c1-21(2,3)25-20(24)23-13-15-12-19(15)18-7-5-4-6-17(18)14-8-10-16(22)11-9-14/h4-11,15,19H,12-13H2,1-3H3,(H,23,24). The molecular weight excluding hydrogens is 334 g/mol. The van der Waals surface area contributed by atoms with Crippen molar-refractivity contribution in [2.24, 2.45) is 5.92 Å². The van der Waals surface area contributed by atoms with Crippen LogP contribution < -0.4 is 5.32 Å². The molecule has 1 saturated carbocycles. The number of hydrogen-bond acceptors (Lipinski definition) is 2. The first-order valence-electron chi connectivity index (χ1n) is 8.65. The van der Waals surface area contributed by atoms with E-state index in [9.17, 15) is 4.79 Å². The van der Waals surface area contributed by atoms with Crippen LogP contribution in [-0.2, 0) is 4.74 Å². The topological polar surface area (TPSA) is 38.3 Å². The van der Waals surface area contributed by atoms with Crippen LogP contribution in [0.4, 0.5) is 4.79 Å². The Morgan fingerprint density at radius 2 is 1.84 bits per heavy atom. The van der Waals surface area contributed by atoms with Crippen molar-refractivity contribution in [2.45, 2.75) is 38.7 Å². The van der Waals surface area contributed by atoms with Crippen LogP contribution in [0, 0.1) is 5.92 Å². The maximum Gasteiger partial charge on any atom is 0.407 e. The Kier molecular flexibility index (Phi) is 5.05. The third kappa shape index (κ3) is 4.76. The van der Waals surface area contributed by atoms with Crippen LogP contribution >= 0.6 is 11.6 Å². The lowest BCUT2D eigenvalue weighted by atomic mass is 9.96. The van der Waals surface area contributed by atoms with E-state index in [1.165, 1.54) is 16.7 Å². The fourth-order valence-electron chi connectivity index (χ4n) is 3.10. The van der Waals surface area contributed by atoms with Gasteiger partial charge in [0.2, 0.25) is 0 Å². The fourth-order valence-corrected chi connectivity index (χ4v) is 3.22. The molecule has 2 unspecified atom stereocenters. The Morgan fingerprint density at radius 1 is 1.16 bits per heavy atom. The van der Waals surface area contributed by atoms with Crippen molar-refractivity contribution in [3.8, 4) is 11.1 Å². The van der Waals surface area contributed by atoms with Gasteiger partial charge < -0.3 is 10.1 Å². The maximum absolute atomic E-state index is 11.8. The van der Waals surface area contributed by atoms with Crippen LogP contribution in [0.3, 0.4) is 0 Å². The Morgan fingerprint density at radius 3 is 2.52 bits per heavy atom. The van der Waals surface area contributed by atoms with Gasteiger partial charge in [-0.05, 0) is 67.9 Å². The molecule has 0 saturated heterocycles. The number of carbonyl (C=O) groups is 1. The zero-order valence-corrected chi connectivity index (χ0v) is 15.6. The Bertz CT molecular complexity index is 749. The zero-order chi connectivity index (χ0) is 18.0. The molecule has 2 atom stereocenters. The molecule has 1 amide bonds. The highest BCUT2D eigenvalue weighted by Gasteiger charge is 2.39. The largest absolute Gasteiger partial charge is 0.444 e. The predicted molar refractivity (Wildman–Crippen MR) is 102 cm³/mol. The van der Waals surface area contributed by atoms with Crippen LogP contribution in [0.1, 0.15) is 38.7 Å². The van der Waals surface area contributed by atoms with Gasteiger partial charge >= 0.3 is 6.09 Å². The third-order valence-electron chi connectivity index (χ3n) is 4.35. The summed E-state index contributed by atoms with van der Waals surface area (Å²) in [6.45, 7) is 6.26. The zero-order valence-electron chi connectivity index (χ0n) is 14.9. The van der Waals surface area contributed by atoms with Crippen molar-refractivity contribution in [3.63, 3.8) is 0 Å². The smallest absolute Gasteiger partial charge is 0.407 e. The molecule has 0 radical (unpaired) electrons. The molecule has 1 aliphatic rings. The molecule has 3 nitrogen and oxygen atoms in total. The molecule has 0 spiro atoms. The number of alkyl carbamates (subject to hydrolysis) is 1. The summed E-state index contributed by atoms with van der Waals surface area (Å²) in [6.07, 6.45) is 0.740. The summed E-state index contributed by atoms with van der Waals surface area (Å²) in [5, 5.41) is 3.63. The normalized spacial score (nSPS) is 19.4. The number of halogens is 1. The molecule has 0 aromatic heterocycles. The highest BCUT2D eigenvalue weighted by molar-refractivity contribution is 6.30. The van der Waals surface area contributed by atoms with Crippen LogP contribution in [0.2, 0.25) is 5.02 Å². The Balaban J connectivity index is 1.65. The highest BCUT2D eigenvalue weighted by Crippen LogP contribution is 2.49. The van der Waals surface area contributed by atoms with Gasteiger partial charge in [-0.1, -0.05) is 48.0 Å². The molecule has 1 N–H and O–H groups in total. The second-order valence-electron chi connectivity index (χ2n) is 7.58. The minimum atomic E-state index is -0.464. The molecule has 132 valence electrons. The minimum absolute atomic E-state index is 0.343. The molecule has 3 rings (SSSR count). The lowest BCUT2D eigenvalue weighted by molar-refractivity contribution is 0.0525. The average Bonchev–Trinajstić information content (AvgIpc) is 3.32. The summed E-state index contributed by atoms with van der Waals surface area (Å²) in [6, 6.07) is 16.4. The van der Waals surface area contributed by atoms with E-state index >= 15 is 0 Å². The predicted octanol–water partition coefficient (Wildman–Crippen LogP) is 5.64. The van der Waals surface area contributed by atoms with Crippen molar-refractivity contribution in [1.82, 2.24) is 5.32 Å². The molecule has 25 heavy (non-hydrogen) atoms. The quantitative estimate of drug-likeness (QED) is 0.769. The SMILES string of the molecule is CC(C)(C)OC(=O)NCC1CC1c1ccccc1-c1ccc(Cl)cc1.